The standard InChI is InChI=1S/C63H119NO5/c1-4-7-10-13-16-19-22-25-28-31-34-37-40-43-46-49-52-55-61(66)60(58-65)64-62(67)57-59(54-51-48-45-42-39-36-33-30-27-24-21-18-15-12-9-6-3)69-63(68)56-53-50-47-44-41-38-35-32-29-26-23-20-17-14-11-8-5-2/h24,27,30,33,36,39,59-61,65-66H,4-23,25-26,28-29,31-32,34-35,37-38,40-58H2,1-3H3,(H,64,67)/b27-24+,33-30+,39-36+. The molecule has 0 aromatic rings. The van der Waals surface area contributed by atoms with Gasteiger partial charge in [0.25, 0.3) is 0 Å². The summed E-state index contributed by atoms with van der Waals surface area (Å²) in [5.74, 6) is -0.488. The minimum Gasteiger partial charge on any atom is -0.462 e. The molecule has 0 aromatic carbocycles. The van der Waals surface area contributed by atoms with Crippen LogP contribution in [0.3, 0.4) is 0 Å². The number of esters is 1. The van der Waals surface area contributed by atoms with Crippen LogP contribution in [0, 0.1) is 0 Å². The van der Waals surface area contributed by atoms with Crippen LogP contribution in [0.25, 0.3) is 0 Å². The zero-order chi connectivity index (χ0) is 50.2. The van der Waals surface area contributed by atoms with Crippen LogP contribution in [0.1, 0.15) is 329 Å². The smallest absolute Gasteiger partial charge is 0.306 e. The van der Waals surface area contributed by atoms with E-state index in [0.717, 1.165) is 70.6 Å². The summed E-state index contributed by atoms with van der Waals surface area (Å²) in [6.45, 7) is 6.51. The number of carbonyl (C=O) groups is 2. The van der Waals surface area contributed by atoms with E-state index < -0.39 is 18.2 Å². The van der Waals surface area contributed by atoms with Gasteiger partial charge in [-0.2, -0.15) is 0 Å². The Hall–Kier alpha value is -1.92. The normalized spacial score (nSPS) is 13.3. The molecule has 0 bridgehead atoms. The summed E-state index contributed by atoms with van der Waals surface area (Å²) in [6, 6.07) is -0.711. The van der Waals surface area contributed by atoms with Gasteiger partial charge in [0.05, 0.1) is 25.2 Å². The summed E-state index contributed by atoms with van der Waals surface area (Å²) < 4.78 is 5.96. The minimum atomic E-state index is -0.796. The lowest BCUT2D eigenvalue weighted by atomic mass is 10.0. The molecular formula is C63H119NO5. The molecule has 6 heteroatoms. The average Bonchev–Trinajstić information content (AvgIpc) is 3.34. The number of carbonyl (C=O) groups excluding carboxylic acids is 2. The Morgan fingerprint density at radius 3 is 1.12 bits per heavy atom. The van der Waals surface area contributed by atoms with Gasteiger partial charge in [-0.3, -0.25) is 9.59 Å². The van der Waals surface area contributed by atoms with Gasteiger partial charge in [-0.15, -0.1) is 0 Å². The predicted molar refractivity (Wildman–Crippen MR) is 301 cm³/mol. The van der Waals surface area contributed by atoms with E-state index in [9.17, 15) is 19.8 Å². The molecule has 0 spiro atoms. The number of amides is 1. The third kappa shape index (κ3) is 52.2. The molecule has 1 amide bonds. The zero-order valence-electron chi connectivity index (χ0n) is 46.5. The van der Waals surface area contributed by atoms with Gasteiger partial charge in [0.1, 0.15) is 6.10 Å². The van der Waals surface area contributed by atoms with Crippen molar-refractivity contribution < 1.29 is 24.5 Å². The lowest BCUT2D eigenvalue weighted by molar-refractivity contribution is -0.151. The lowest BCUT2D eigenvalue weighted by Gasteiger charge is -2.24. The van der Waals surface area contributed by atoms with E-state index in [-0.39, 0.29) is 24.9 Å². The lowest BCUT2D eigenvalue weighted by Crippen LogP contribution is -2.46. The molecule has 69 heavy (non-hydrogen) atoms. The third-order valence-corrected chi connectivity index (χ3v) is 14.3. The Morgan fingerprint density at radius 1 is 0.420 bits per heavy atom. The first kappa shape index (κ1) is 67.1. The second-order valence-corrected chi connectivity index (χ2v) is 21.2. The van der Waals surface area contributed by atoms with Crippen LogP contribution < -0.4 is 5.32 Å². The fourth-order valence-corrected chi connectivity index (χ4v) is 9.61. The number of hydrogen-bond donors (Lipinski definition) is 3. The van der Waals surface area contributed by atoms with E-state index in [2.05, 4.69) is 62.5 Å². The number of aliphatic hydroxyl groups is 2. The van der Waals surface area contributed by atoms with Crippen LogP contribution >= 0.6 is 0 Å². The molecule has 0 rings (SSSR count). The highest BCUT2D eigenvalue weighted by molar-refractivity contribution is 5.77. The molecule has 406 valence electrons. The van der Waals surface area contributed by atoms with Crippen molar-refractivity contribution in [3.05, 3.63) is 36.5 Å². The number of ether oxygens (including phenoxy) is 1. The quantitative estimate of drug-likeness (QED) is 0.0321. The maximum atomic E-state index is 13.3. The third-order valence-electron chi connectivity index (χ3n) is 14.3. The number of rotatable bonds is 56. The highest BCUT2D eigenvalue weighted by Crippen LogP contribution is 2.19. The number of allylic oxidation sites excluding steroid dienone is 6. The van der Waals surface area contributed by atoms with E-state index in [0.29, 0.717) is 19.3 Å². The van der Waals surface area contributed by atoms with Gasteiger partial charge >= 0.3 is 5.97 Å². The molecule has 0 aliphatic rings. The number of unbranched alkanes of at least 4 members (excludes halogenated alkanes) is 40. The second-order valence-electron chi connectivity index (χ2n) is 21.2. The van der Waals surface area contributed by atoms with Gasteiger partial charge < -0.3 is 20.3 Å². The maximum Gasteiger partial charge on any atom is 0.306 e. The van der Waals surface area contributed by atoms with Crippen molar-refractivity contribution >= 4 is 11.9 Å². The second kappa shape index (κ2) is 57.0. The first-order valence-electron chi connectivity index (χ1n) is 30.7. The highest BCUT2D eigenvalue weighted by Gasteiger charge is 2.24. The van der Waals surface area contributed by atoms with Crippen LogP contribution in [-0.4, -0.2) is 46.9 Å². The summed E-state index contributed by atoms with van der Waals surface area (Å²) >= 11 is 0. The molecule has 3 atom stereocenters. The van der Waals surface area contributed by atoms with Crippen molar-refractivity contribution in [3.63, 3.8) is 0 Å². The fourth-order valence-electron chi connectivity index (χ4n) is 9.61. The summed E-state index contributed by atoms with van der Waals surface area (Å²) in [5.41, 5.74) is 0. The molecular weight excluding hydrogens is 851 g/mol. The van der Waals surface area contributed by atoms with Crippen LogP contribution in [0.5, 0.6) is 0 Å². The van der Waals surface area contributed by atoms with Gasteiger partial charge in [0, 0.05) is 6.42 Å². The fraction of sp³-hybridized carbons (Fsp3) is 0.873. The Labute approximate surface area is 430 Å². The van der Waals surface area contributed by atoms with Crippen LogP contribution in [0.2, 0.25) is 0 Å². The molecule has 0 saturated carbocycles. The first-order chi connectivity index (χ1) is 34.0. The number of hydrogen-bond acceptors (Lipinski definition) is 5. The van der Waals surface area contributed by atoms with E-state index >= 15 is 0 Å². The van der Waals surface area contributed by atoms with E-state index in [4.69, 9.17) is 4.74 Å². The predicted octanol–water partition coefficient (Wildman–Crippen LogP) is 19.2. The molecule has 3 N–H and O–H groups in total. The summed E-state index contributed by atoms with van der Waals surface area (Å²) in [4.78, 5) is 26.3. The monoisotopic (exact) mass is 970 g/mol. The minimum absolute atomic E-state index is 0.0596. The number of nitrogens with one attached hydrogen (secondary N) is 1. The number of aliphatic hydroxyl groups excluding tert-OH is 2. The van der Waals surface area contributed by atoms with Crippen LogP contribution in [0.15, 0.2) is 36.5 Å². The Bertz CT molecular complexity index is 1130. The molecule has 0 aromatic heterocycles. The highest BCUT2D eigenvalue weighted by atomic mass is 16.5. The molecule has 3 unspecified atom stereocenters. The van der Waals surface area contributed by atoms with Crippen LogP contribution in [0.4, 0.5) is 0 Å². The maximum absolute atomic E-state index is 13.3. The molecule has 0 heterocycles. The first-order valence-corrected chi connectivity index (χ1v) is 30.7. The zero-order valence-corrected chi connectivity index (χ0v) is 46.5. The largest absolute Gasteiger partial charge is 0.462 e. The van der Waals surface area contributed by atoms with Gasteiger partial charge in [0.15, 0.2) is 0 Å². The topological polar surface area (TPSA) is 95.9 Å². The van der Waals surface area contributed by atoms with Crippen molar-refractivity contribution in [1.29, 1.82) is 0 Å². The van der Waals surface area contributed by atoms with Crippen molar-refractivity contribution in [2.45, 2.75) is 347 Å². The average molecular weight is 971 g/mol. The summed E-state index contributed by atoms with van der Waals surface area (Å²) in [5, 5.41) is 23.9. The van der Waals surface area contributed by atoms with Crippen molar-refractivity contribution in [2.24, 2.45) is 0 Å². The van der Waals surface area contributed by atoms with Gasteiger partial charge in [-0.05, 0) is 51.4 Å². The van der Waals surface area contributed by atoms with Gasteiger partial charge in [-0.25, -0.2) is 0 Å². The molecule has 0 radical (unpaired) electrons. The Kier molecular flexibility index (Phi) is 55.4. The van der Waals surface area contributed by atoms with Gasteiger partial charge in [-0.1, -0.05) is 301 Å². The molecule has 0 aliphatic carbocycles. The molecule has 0 fully saturated rings. The Balaban J connectivity index is 4.55. The van der Waals surface area contributed by atoms with E-state index in [1.807, 2.05) is 0 Å². The van der Waals surface area contributed by atoms with Gasteiger partial charge in [0.2, 0.25) is 5.91 Å². The van der Waals surface area contributed by atoms with Crippen LogP contribution in [-0.2, 0) is 14.3 Å². The summed E-state index contributed by atoms with van der Waals surface area (Å²) in [7, 11) is 0. The van der Waals surface area contributed by atoms with E-state index in [1.54, 1.807) is 0 Å². The molecule has 6 nitrogen and oxygen atoms in total. The van der Waals surface area contributed by atoms with Crippen molar-refractivity contribution in [3.8, 4) is 0 Å². The molecule has 0 saturated heterocycles. The Morgan fingerprint density at radius 2 is 0.739 bits per heavy atom. The van der Waals surface area contributed by atoms with Crippen molar-refractivity contribution in [2.75, 3.05) is 6.61 Å². The SMILES string of the molecule is CCCCCCC/C=C/C=C/C=C/CCCCCC(CC(=O)NC(CO)C(O)CCCCCCCCCCCCCCCCCCC)OC(=O)CCCCCCCCCCCCCCCCCCC. The summed E-state index contributed by atoms with van der Waals surface area (Å²) in [6.07, 6.45) is 69.3. The van der Waals surface area contributed by atoms with E-state index in [1.165, 1.54) is 212 Å². The molecule has 0 aliphatic heterocycles. The van der Waals surface area contributed by atoms with Crippen molar-refractivity contribution in [1.82, 2.24) is 5.32 Å².